The molecule has 8 heteroatoms. The van der Waals surface area contributed by atoms with Gasteiger partial charge in [-0.15, -0.1) is 0 Å². The van der Waals surface area contributed by atoms with E-state index in [0.717, 1.165) is 4.47 Å². The van der Waals surface area contributed by atoms with Crippen LogP contribution in [-0.4, -0.2) is 24.6 Å². The maximum absolute atomic E-state index is 12.6. The van der Waals surface area contributed by atoms with Crippen molar-refractivity contribution in [2.45, 2.75) is 6.92 Å². The normalized spacial score (nSPS) is 10.1. The molecular weight excluding hydrogens is 464 g/mol. The van der Waals surface area contributed by atoms with E-state index in [1.165, 1.54) is 24.3 Å². The second-order valence-electron chi connectivity index (χ2n) is 6.27. The summed E-state index contributed by atoms with van der Waals surface area (Å²) in [6.07, 6.45) is -0.810. The minimum Gasteiger partial charge on any atom is -0.434 e. The van der Waals surface area contributed by atoms with Crippen LogP contribution in [0, 0.1) is 0 Å². The van der Waals surface area contributed by atoms with Crippen LogP contribution in [-0.2, 0) is 4.74 Å². The first-order valence-electron chi connectivity index (χ1n) is 9.38. The minimum absolute atomic E-state index is 0.205. The van der Waals surface area contributed by atoms with Crippen molar-refractivity contribution < 1.29 is 23.9 Å². The Kier molecular flexibility index (Phi) is 7.40. The predicted molar refractivity (Wildman–Crippen MR) is 121 cm³/mol. The number of rotatable bonds is 6. The number of amides is 2. The third kappa shape index (κ3) is 6.16. The van der Waals surface area contributed by atoms with Gasteiger partial charge in [-0.25, -0.2) is 4.79 Å². The average Bonchev–Trinajstić information content (AvgIpc) is 2.75. The van der Waals surface area contributed by atoms with Crippen molar-refractivity contribution in [1.29, 1.82) is 0 Å². The van der Waals surface area contributed by atoms with Crippen LogP contribution in [0.15, 0.2) is 77.3 Å². The third-order valence-electron chi connectivity index (χ3n) is 4.09. The molecule has 0 heterocycles. The molecule has 0 atom stereocenters. The van der Waals surface area contributed by atoms with E-state index in [1.807, 2.05) is 6.07 Å². The van der Waals surface area contributed by atoms with Gasteiger partial charge >= 0.3 is 6.16 Å². The topological polar surface area (TPSA) is 93.7 Å². The van der Waals surface area contributed by atoms with Crippen LogP contribution in [0.3, 0.4) is 0 Å². The lowest BCUT2D eigenvalue weighted by Crippen LogP contribution is -2.17. The first-order chi connectivity index (χ1) is 15.0. The Morgan fingerprint density at radius 2 is 1.42 bits per heavy atom. The van der Waals surface area contributed by atoms with Gasteiger partial charge < -0.3 is 20.1 Å². The summed E-state index contributed by atoms with van der Waals surface area (Å²) in [4.78, 5) is 36.5. The molecule has 0 aromatic heterocycles. The number of ether oxygens (including phenoxy) is 2. The first kappa shape index (κ1) is 22.0. The zero-order valence-corrected chi connectivity index (χ0v) is 18.1. The van der Waals surface area contributed by atoms with Gasteiger partial charge in [-0.3, -0.25) is 9.59 Å². The molecule has 3 aromatic rings. The fourth-order valence-electron chi connectivity index (χ4n) is 2.64. The van der Waals surface area contributed by atoms with Gasteiger partial charge in [0.15, 0.2) is 0 Å². The highest BCUT2D eigenvalue weighted by molar-refractivity contribution is 9.10. The lowest BCUT2D eigenvalue weighted by Gasteiger charge is -2.13. The number of hydrogen-bond donors (Lipinski definition) is 2. The maximum atomic E-state index is 12.6. The van der Waals surface area contributed by atoms with E-state index >= 15 is 0 Å². The first-order valence-corrected chi connectivity index (χ1v) is 10.2. The Balaban J connectivity index is 1.69. The molecule has 7 nitrogen and oxygen atoms in total. The van der Waals surface area contributed by atoms with Crippen LogP contribution in [0.25, 0.3) is 0 Å². The summed E-state index contributed by atoms with van der Waals surface area (Å²) in [5.41, 5.74) is 1.74. The fraction of sp³-hybridized carbons (Fsp3) is 0.0870. The van der Waals surface area contributed by atoms with E-state index in [4.69, 9.17) is 9.47 Å². The summed E-state index contributed by atoms with van der Waals surface area (Å²) in [5.74, 6) is -0.424. The number of anilines is 2. The molecule has 0 bridgehead atoms. The van der Waals surface area contributed by atoms with Crippen molar-refractivity contribution >= 4 is 45.3 Å². The number of carbonyl (C=O) groups excluding carboxylic acids is 3. The summed E-state index contributed by atoms with van der Waals surface area (Å²) in [6, 6.07) is 19.9. The van der Waals surface area contributed by atoms with Gasteiger partial charge in [0, 0.05) is 15.6 Å². The van der Waals surface area contributed by atoms with Crippen LogP contribution in [0.2, 0.25) is 0 Å². The quantitative estimate of drug-likeness (QED) is 0.357. The number of para-hydroxylation sites is 2. The SMILES string of the molecule is CCOC(=O)Oc1ccc(C(=O)Nc2ccccc2NC(=O)c2cccc(Br)c2)cc1. The van der Waals surface area contributed by atoms with E-state index in [9.17, 15) is 14.4 Å². The molecule has 158 valence electrons. The zero-order valence-electron chi connectivity index (χ0n) is 16.6. The van der Waals surface area contributed by atoms with Crippen molar-refractivity contribution in [3.8, 4) is 5.75 Å². The second-order valence-corrected chi connectivity index (χ2v) is 7.19. The molecule has 3 rings (SSSR count). The number of halogens is 1. The van der Waals surface area contributed by atoms with Gasteiger partial charge in [-0.05, 0) is 61.5 Å². The summed E-state index contributed by atoms with van der Waals surface area (Å²) in [6.45, 7) is 1.88. The summed E-state index contributed by atoms with van der Waals surface area (Å²) in [7, 11) is 0. The molecule has 0 aliphatic rings. The Bertz CT molecular complexity index is 1100. The smallest absolute Gasteiger partial charge is 0.434 e. The third-order valence-corrected chi connectivity index (χ3v) is 4.58. The Morgan fingerprint density at radius 3 is 2.00 bits per heavy atom. The van der Waals surface area contributed by atoms with Crippen LogP contribution in [0.5, 0.6) is 5.75 Å². The lowest BCUT2D eigenvalue weighted by molar-refractivity contribution is 0.101. The van der Waals surface area contributed by atoms with Crippen molar-refractivity contribution in [2.24, 2.45) is 0 Å². The van der Waals surface area contributed by atoms with E-state index in [-0.39, 0.29) is 24.2 Å². The lowest BCUT2D eigenvalue weighted by atomic mass is 10.1. The molecule has 0 saturated carbocycles. The molecule has 0 unspecified atom stereocenters. The average molecular weight is 483 g/mol. The monoisotopic (exact) mass is 482 g/mol. The van der Waals surface area contributed by atoms with Gasteiger partial charge in [0.05, 0.1) is 18.0 Å². The van der Waals surface area contributed by atoms with Crippen molar-refractivity contribution in [3.05, 3.63) is 88.4 Å². The fourth-order valence-corrected chi connectivity index (χ4v) is 3.04. The second kappa shape index (κ2) is 10.4. The highest BCUT2D eigenvalue weighted by atomic mass is 79.9. The molecule has 2 N–H and O–H groups in total. The van der Waals surface area contributed by atoms with Crippen molar-refractivity contribution in [2.75, 3.05) is 17.2 Å². The van der Waals surface area contributed by atoms with Crippen LogP contribution in [0.1, 0.15) is 27.6 Å². The number of benzene rings is 3. The van der Waals surface area contributed by atoms with Gasteiger partial charge in [0.25, 0.3) is 11.8 Å². The van der Waals surface area contributed by atoms with E-state index in [2.05, 4.69) is 26.6 Å². The Hall–Kier alpha value is -3.65. The van der Waals surface area contributed by atoms with Crippen molar-refractivity contribution in [3.63, 3.8) is 0 Å². The molecule has 0 radical (unpaired) electrons. The molecule has 31 heavy (non-hydrogen) atoms. The largest absolute Gasteiger partial charge is 0.513 e. The van der Waals surface area contributed by atoms with Gasteiger partial charge in [0.2, 0.25) is 0 Å². The van der Waals surface area contributed by atoms with E-state index in [0.29, 0.717) is 22.5 Å². The highest BCUT2D eigenvalue weighted by Crippen LogP contribution is 2.23. The zero-order chi connectivity index (χ0) is 22.2. The molecule has 0 saturated heterocycles. The standard InChI is InChI=1S/C23H19BrN2O5/c1-2-30-23(29)31-18-12-10-15(11-13-18)21(27)25-19-8-3-4-9-20(19)26-22(28)16-6-5-7-17(24)14-16/h3-14H,2H2,1H3,(H,25,27)(H,26,28). The minimum atomic E-state index is -0.810. The van der Waals surface area contributed by atoms with E-state index < -0.39 is 6.16 Å². The summed E-state index contributed by atoms with van der Waals surface area (Å²) >= 11 is 3.34. The molecule has 0 spiro atoms. The number of hydrogen-bond acceptors (Lipinski definition) is 5. The summed E-state index contributed by atoms with van der Waals surface area (Å²) in [5, 5.41) is 5.59. The number of carbonyl (C=O) groups is 3. The predicted octanol–water partition coefficient (Wildman–Crippen LogP) is 5.49. The Morgan fingerprint density at radius 1 is 0.806 bits per heavy atom. The summed E-state index contributed by atoms with van der Waals surface area (Å²) < 4.78 is 10.5. The molecule has 0 aliphatic heterocycles. The highest BCUT2D eigenvalue weighted by Gasteiger charge is 2.13. The van der Waals surface area contributed by atoms with Gasteiger partial charge in [0.1, 0.15) is 5.75 Å². The Labute approximate surface area is 187 Å². The van der Waals surface area contributed by atoms with Crippen LogP contribution in [0.4, 0.5) is 16.2 Å². The van der Waals surface area contributed by atoms with Crippen LogP contribution < -0.4 is 15.4 Å². The molecular formula is C23H19BrN2O5. The number of nitrogens with one attached hydrogen (secondary N) is 2. The molecule has 0 fully saturated rings. The molecule has 2 amide bonds. The van der Waals surface area contributed by atoms with E-state index in [1.54, 1.807) is 49.4 Å². The van der Waals surface area contributed by atoms with Gasteiger partial charge in [-0.2, -0.15) is 0 Å². The van der Waals surface area contributed by atoms with Crippen molar-refractivity contribution in [1.82, 2.24) is 0 Å². The van der Waals surface area contributed by atoms with Crippen LogP contribution >= 0.6 is 15.9 Å². The maximum Gasteiger partial charge on any atom is 0.513 e. The molecule has 3 aromatic carbocycles. The van der Waals surface area contributed by atoms with Gasteiger partial charge in [-0.1, -0.05) is 34.1 Å². The molecule has 0 aliphatic carbocycles.